The van der Waals surface area contributed by atoms with Crippen LogP contribution in [-0.2, 0) is 0 Å². The van der Waals surface area contributed by atoms with E-state index in [-0.39, 0.29) is 0 Å². The van der Waals surface area contributed by atoms with Crippen molar-refractivity contribution in [3.05, 3.63) is 206 Å². The van der Waals surface area contributed by atoms with Crippen LogP contribution in [0.5, 0.6) is 0 Å². The van der Waals surface area contributed by atoms with Crippen molar-refractivity contribution in [1.29, 1.82) is 0 Å². The molecule has 0 unspecified atom stereocenters. The van der Waals surface area contributed by atoms with Gasteiger partial charge in [0, 0.05) is 32.5 Å². The van der Waals surface area contributed by atoms with Crippen LogP contribution in [0.1, 0.15) is 0 Å². The normalized spacial score (nSPS) is 12.5. The van der Waals surface area contributed by atoms with Crippen LogP contribution in [0.4, 0.5) is 0 Å². The Hall–Kier alpha value is -8.72. The lowest BCUT2D eigenvalue weighted by molar-refractivity contribution is 0.669. The molecule has 66 heavy (non-hydrogen) atoms. The molecular weight excluding hydrogens is 801 g/mol. The highest BCUT2D eigenvalue weighted by Gasteiger charge is 2.26. The fourth-order valence-corrected chi connectivity index (χ4v) is 12.0. The summed E-state index contributed by atoms with van der Waals surface area (Å²) in [6.07, 6.45) is 0. The molecule has 0 fully saturated rings. The van der Waals surface area contributed by atoms with Gasteiger partial charge in [-0.25, -0.2) is 0 Å². The SMILES string of the molecule is c1ccc2c(c1)-c1cccc3cc(-c4cccc5c4ccc4c6cccc(-c7ccc8c(c7)-c7cccc9cc(-c%10ccc%11c(ccc%12oc%13ccccc%13c%12%11)c%10)cc-8c79)c6oc54)cc-2c13. The number of para-hydroxylation sites is 2. The maximum absolute atomic E-state index is 7.08. The first-order valence-corrected chi connectivity index (χ1v) is 22.8. The van der Waals surface area contributed by atoms with E-state index in [9.17, 15) is 0 Å². The summed E-state index contributed by atoms with van der Waals surface area (Å²) in [6.45, 7) is 0. The fraction of sp³-hybridized carbons (Fsp3) is 0. The molecule has 0 atom stereocenters. The van der Waals surface area contributed by atoms with Gasteiger partial charge < -0.3 is 8.83 Å². The van der Waals surface area contributed by atoms with Crippen molar-refractivity contribution >= 4 is 87.0 Å². The summed E-state index contributed by atoms with van der Waals surface area (Å²) in [5.41, 5.74) is 21.1. The zero-order valence-corrected chi connectivity index (χ0v) is 35.4. The lowest BCUT2D eigenvalue weighted by Gasteiger charge is -2.11. The largest absolute Gasteiger partial charge is 0.456 e. The Labute approximate surface area is 378 Å². The first-order valence-electron chi connectivity index (χ1n) is 22.8. The minimum atomic E-state index is 0.918. The van der Waals surface area contributed by atoms with Gasteiger partial charge in [-0.2, -0.15) is 0 Å². The van der Waals surface area contributed by atoms with Crippen LogP contribution in [0.3, 0.4) is 0 Å². The second-order valence-corrected chi connectivity index (χ2v) is 18.3. The molecule has 0 bridgehead atoms. The van der Waals surface area contributed by atoms with Gasteiger partial charge in [-0.05, 0) is 165 Å². The average molecular weight is 835 g/mol. The molecule has 0 saturated heterocycles. The molecule has 302 valence electrons. The standard InChI is InChI=1S/C64H34O2/c1-2-12-46-45(11-1)49-16-5-10-39-31-41(34-57(46)60(39)49)42-14-7-18-51-47(42)26-27-53-52-19-8-15-44(63(52)66-64(51)53)37-22-25-48-55(32-37)50-17-6-9-38-30-40(33-56(48)61(38)50)35-21-24-43-36(29-35)23-28-59-62(43)54-13-3-4-20-58(54)65-59/h1-34H. The van der Waals surface area contributed by atoms with Crippen LogP contribution in [0, 0.1) is 0 Å². The number of furan rings is 2. The van der Waals surface area contributed by atoms with Crippen molar-refractivity contribution in [2.45, 2.75) is 0 Å². The predicted octanol–water partition coefficient (Wildman–Crippen LogP) is 18.4. The monoisotopic (exact) mass is 834 g/mol. The molecule has 2 aliphatic carbocycles. The lowest BCUT2D eigenvalue weighted by Crippen LogP contribution is -1.85. The van der Waals surface area contributed by atoms with Gasteiger partial charge in [-0.3, -0.25) is 0 Å². The molecule has 0 amide bonds. The van der Waals surface area contributed by atoms with Gasteiger partial charge in [0.25, 0.3) is 0 Å². The fourth-order valence-electron chi connectivity index (χ4n) is 12.0. The van der Waals surface area contributed by atoms with Gasteiger partial charge in [-0.15, -0.1) is 0 Å². The first-order chi connectivity index (χ1) is 32.7. The Bertz CT molecular complexity index is 4520. The topological polar surface area (TPSA) is 26.3 Å². The molecule has 2 nitrogen and oxygen atoms in total. The lowest BCUT2D eigenvalue weighted by atomic mass is 9.92. The van der Waals surface area contributed by atoms with E-state index < -0.39 is 0 Å². The van der Waals surface area contributed by atoms with Crippen molar-refractivity contribution in [2.75, 3.05) is 0 Å². The third-order valence-corrected chi connectivity index (χ3v) is 14.9. The molecule has 0 aliphatic heterocycles. The summed E-state index contributed by atoms with van der Waals surface area (Å²) in [4.78, 5) is 0. The van der Waals surface area contributed by atoms with E-state index in [1.165, 1.54) is 110 Å². The molecule has 16 rings (SSSR count). The van der Waals surface area contributed by atoms with Crippen molar-refractivity contribution in [1.82, 2.24) is 0 Å². The Morgan fingerprint density at radius 1 is 0.212 bits per heavy atom. The molecule has 2 aliphatic rings. The van der Waals surface area contributed by atoms with Crippen molar-refractivity contribution < 1.29 is 8.83 Å². The molecular formula is C64H34O2. The highest BCUT2D eigenvalue weighted by Crippen LogP contribution is 2.52. The second-order valence-electron chi connectivity index (χ2n) is 18.3. The average Bonchev–Trinajstić information content (AvgIpc) is 4.13. The maximum Gasteiger partial charge on any atom is 0.143 e. The number of hydrogen-bond acceptors (Lipinski definition) is 2. The molecule has 0 spiro atoms. The van der Waals surface area contributed by atoms with Crippen molar-refractivity contribution in [3.63, 3.8) is 0 Å². The number of benzene rings is 12. The van der Waals surface area contributed by atoms with Gasteiger partial charge in [0.2, 0.25) is 0 Å². The van der Waals surface area contributed by atoms with Gasteiger partial charge in [0.15, 0.2) is 0 Å². The molecule has 12 aromatic carbocycles. The highest BCUT2D eigenvalue weighted by molar-refractivity contribution is 6.23. The quantitative estimate of drug-likeness (QED) is 0.177. The summed E-state index contributed by atoms with van der Waals surface area (Å²) in [7, 11) is 0. The Morgan fingerprint density at radius 3 is 1.62 bits per heavy atom. The molecule has 14 aromatic rings. The van der Waals surface area contributed by atoms with Crippen LogP contribution in [-0.4, -0.2) is 0 Å². The van der Waals surface area contributed by atoms with E-state index in [0.717, 1.165) is 55.0 Å². The summed E-state index contributed by atoms with van der Waals surface area (Å²) in [6, 6.07) is 76.1. The highest BCUT2D eigenvalue weighted by atomic mass is 16.3. The molecule has 2 heterocycles. The number of fused-ring (bicyclic) bond motifs is 16. The summed E-state index contributed by atoms with van der Waals surface area (Å²) < 4.78 is 13.3. The molecule has 0 radical (unpaired) electrons. The number of hydrogen-bond donors (Lipinski definition) is 0. The van der Waals surface area contributed by atoms with Gasteiger partial charge in [-0.1, -0.05) is 152 Å². The molecule has 2 aromatic heterocycles. The Balaban J connectivity index is 0.812. The summed E-state index contributed by atoms with van der Waals surface area (Å²) in [5, 5.41) is 14.5. The zero-order chi connectivity index (χ0) is 42.8. The minimum Gasteiger partial charge on any atom is -0.456 e. The zero-order valence-electron chi connectivity index (χ0n) is 35.4. The van der Waals surface area contributed by atoms with Crippen LogP contribution >= 0.6 is 0 Å². The molecule has 0 saturated carbocycles. The second kappa shape index (κ2) is 12.5. The predicted molar refractivity (Wildman–Crippen MR) is 276 cm³/mol. The van der Waals surface area contributed by atoms with Crippen molar-refractivity contribution in [2.24, 2.45) is 0 Å². The van der Waals surface area contributed by atoms with E-state index in [0.29, 0.717) is 0 Å². The molecule has 2 heteroatoms. The van der Waals surface area contributed by atoms with E-state index >= 15 is 0 Å². The molecule has 0 N–H and O–H groups in total. The Kier molecular flexibility index (Phi) is 6.58. The van der Waals surface area contributed by atoms with Gasteiger partial charge in [0.05, 0.1) is 0 Å². The van der Waals surface area contributed by atoms with Crippen molar-refractivity contribution in [3.8, 4) is 77.9 Å². The Morgan fingerprint density at radius 2 is 0.773 bits per heavy atom. The summed E-state index contributed by atoms with van der Waals surface area (Å²) >= 11 is 0. The van der Waals surface area contributed by atoms with E-state index in [2.05, 4.69) is 194 Å². The number of rotatable bonds is 3. The maximum atomic E-state index is 7.08. The first kappa shape index (κ1) is 34.7. The van der Waals surface area contributed by atoms with Gasteiger partial charge in [0.1, 0.15) is 22.3 Å². The van der Waals surface area contributed by atoms with Crippen LogP contribution in [0.2, 0.25) is 0 Å². The van der Waals surface area contributed by atoms with E-state index in [1.54, 1.807) is 0 Å². The van der Waals surface area contributed by atoms with Crippen LogP contribution in [0.25, 0.3) is 165 Å². The smallest absolute Gasteiger partial charge is 0.143 e. The third kappa shape index (κ3) is 4.55. The van der Waals surface area contributed by atoms with Crippen LogP contribution in [0.15, 0.2) is 215 Å². The van der Waals surface area contributed by atoms with Crippen LogP contribution < -0.4 is 0 Å². The van der Waals surface area contributed by atoms with E-state index in [4.69, 9.17) is 8.83 Å². The van der Waals surface area contributed by atoms with Gasteiger partial charge >= 0.3 is 0 Å². The minimum absolute atomic E-state index is 0.918. The third-order valence-electron chi connectivity index (χ3n) is 14.9. The summed E-state index contributed by atoms with van der Waals surface area (Å²) in [5.74, 6) is 0. The van der Waals surface area contributed by atoms with E-state index in [1.807, 2.05) is 12.1 Å².